The van der Waals surface area contributed by atoms with Crippen molar-refractivity contribution in [2.75, 3.05) is 0 Å². The highest BCUT2D eigenvalue weighted by molar-refractivity contribution is 6.87. The van der Waals surface area contributed by atoms with Crippen LogP contribution < -0.4 is 0 Å². The third-order valence-electron chi connectivity index (χ3n) is 3.91. The molecular weight excluding hydrogens is 252 g/mol. The van der Waals surface area contributed by atoms with E-state index in [9.17, 15) is 9.90 Å². The standard InChI is InChI=1S/C16H30O2Si/c1-5-6-7-8-9-14(17)12-13-10-11-15(18)16(13)19(2,3)4/h14,17H,5-12H2,1-4H3. The lowest BCUT2D eigenvalue weighted by Gasteiger charge is -2.20. The fourth-order valence-corrected chi connectivity index (χ4v) is 5.31. The molecule has 2 nitrogen and oxygen atoms in total. The first-order chi connectivity index (χ1) is 8.86. The fourth-order valence-electron chi connectivity index (χ4n) is 3.06. The summed E-state index contributed by atoms with van der Waals surface area (Å²) >= 11 is 0. The van der Waals surface area contributed by atoms with E-state index in [2.05, 4.69) is 26.6 Å². The van der Waals surface area contributed by atoms with Crippen molar-refractivity contribution in [2.45, 2.75) is 84.0 Å². The highest BCUT2D eigenvalue weighted by atomic mass is 28.3. The maximum atomic E-state index is 12.0. The first kappa shape index (κ1) is 16.6. The van der Waals surface area contributed by atoms with Crippen molar-refractivity contribution >= 4 is 13.9 Å². The lowest BCUT2D eigenvalue weighted by molar-refractivity contribution is -0.114. The SMILES string of the molecule is CCCCCCC(O)CC1=C([Si](C)(C)C)C(=O)CC1. The molecule has 1 rings (SSSR count). The van der Waals surface area contributed by atoms with Crippen molar-refractivity contribution in [3.63, 3.8) is 0 Å². The van der Waals surface area contributed by atoms with E-state index >= 15 is 0 Å². The van der Waals surface area contributed by atoms with E-state index in [-0.39, 0.29) is 6.10 Å². The number of aliphatic hydroxyl groups is 1. The molecule has 0 saturated carbocycles. The van der Waals surface area contributed by atoms with Gasteiger partial charge in [0.1, 0.15) is 0 Å². The Labute approximate surface area is 119 Å². The van der Waals surface area contributed by atoms with Crippen molar-refractivity contribution in [3.8, 4) is 0 Å². The number of rotatable bonds is 8. The van der Waals surface area contributed by atoms with Crippen LogP contribution in [0, 0.1) is 0 Å². The molecule has 1 aliphatic carbocycles. The normalized spacial score (nSPS) is 18.3. The zero-order chi connectivity index (χ0) is 14.5. The molecule has 0 aromatic heterocycles. The van der Waals surface area contributed by atoms with Crippen LogP contribution in [0.15, 0.2) is 10.8 Å². The van der Waals surface area contributed by atoms with Gasteiger partial charge in [0.25, 0.3) is 0 Å². The number of hydrogen-bond donors (Lipinski definition) is 1. The third-order valence-corrected chi connectivity index (χ3v) is 6.04. The summed E-state index contributed by atoms with van der Waals surface area (Å²) < 4.78 is 0. The first-order valence-electron chi connectivity index (χ1n) is 7.80. The Morgan fingerprint density at radius 2 is 1.84 bits per heavy atom. The summed E-state index contributed by atoms with van der Waals surface area (Å²) in [5.74, 6) is 0.354. The Morgan fingerprint density at radius 3 is 2.42 bits per heavy atom. The van der Waals surface area contributed by atoms with Crippen LogP contribution in [0.2, 0.25) is 19.6 Å². The maximum Gasteiger partial charge on any atom is 0.155 e. The van der Waals surface area contributed by atoms with E-state index in [0.29, 0.717) is 12.2 Å². The van der Waals surface area contributed by atoms with Crippen molar-refractivity contribution in [1.82, 2.24) is 0 Å². The lowest BCUT2D eigenvalue weighted by Crippen LogP contribution is -2.28. The molecule has 19 heavy (non-hydrogen) atoms. The second kappa shape index (κ2) is 7.39. The predicted molar refractivity (Wildman–Crippen MR) is 84.0 cm³/mol. The lowest BCUT2D eigenvalue weighted by atomic mass is 10.0. The number of carbonyl (C=O) groups excluding carboxylic acids is 1. The van der Waals surface area contributed by atoms with Gasteiger partial charge in [0.05, 0.1) is 14.2 Å². The highest BCUT2D eigenvalue weighted by Crippen LogP contribution is 2.33. The zero-order valence-electron chi connectivity index (χ0n) is 13.1. The van der Waals surface area contributed by atoms with Crippen LogP contribution in [-0.2, 0) is 4.79 Å². The maximum absolute atomic E-state index is 12.0. The summed E-state index contributed by atoms with van der Waals surface area (Å²) in [5.41, 5.74) is 1.27. The van der Waals surface area contributed by atoms with Gasteiger partial charge in [-0.05, 0) is 24.5 Å². The highest BCUT2D eigenvalue weighted by Gasteiger charge is 2.33. The van der Waals surface area contributed by atoms with Gasteiger partial charge >= 0.3 is 0 Å². The smallest absolute Gasteiger partial charge is 0.155 e. The summed E-state index contributed by atoms with van der Waals surface area (Å²) in [5, 5.41) is 11.3. The van der Waals surface area contributed by atoms with Gasteiger partial charge in [-0.25, -0.2) is 0 Å². The number of unbranched alkanes of at least 4 members (excludes halogenated alkanes) is 3. The van der Waals surface area contributed by atoms with E-state index in [1.165, 1.54) is 24.8 Å². The summed E-state index contributed by atoms with van der Waals surface area (Å²) in [6, 6.07) is 0. The number of Topliss-reactive ketones (excluding diaryl/α,β-unsaturated/α-hetero) is 1. The summed E-state index contributed by atoms with van der Waals surface area (Å²) in [6.45, 7) is 8.91. The third kappa shape index (κ3) is 5.23. The molecule has 1 unspecified atom stereocenters. The fraction of sp³-hybridized carbons (Fsp3) is 0.812. The molecule has 3 heteroatoms. The molecule has 1 N–H and O–H groups in total. The molecule has 0 saturated heterocycles. The summed E-state index contributed by atoms with van der Waals surface area (Å²) in [4.78, 5) is 12.0. The van der Waals surface area contributed by atoms with Crippen molar-refractivity contribution in [1.29, 1.82) is 0 Å². The molecule has 0 aromatic rings. The molecule has 0 fully saturated rings. The average molecular weight is 282 g/mol. The van der Waals surface area contributed by atoms with Crippen molar-refractivity contribution < 1.29 is 9.90 Å². The van der Waals surface area contributed by atoms with Gasteiger partial charge in [0.15, 0.2) is 5.78 Å². The number of allylic oxidation sites excluding steroid dienone is 1. The van der Waals surface area contributed by atoms with E-state index < -0.39 is 8.07 Å². The number of carbonyl (C=O) groups is 1. The Hall–Kier alpha value is -0.413. The summed E-state index contributed by atoms with van der Waals surface area (Å²) in [6.07, 6.45) is 7.76. The molecular formula is C16H30O2Si. The monoisotopic (exact) mass is 282 g/mol. The largest absolute Gasteiger partial charge is 0.393 e. The summed E-state index contributed by atoms with van der Waals surface area (Å²) in [7, 11) is -1.54. The van der Waals surface area contributed by atoms with Gasteiger partial charge < -0.3 is 5.11 Å². The molecule has 0 aromatic carbocycles. The van der Waals surface area contributed by atoms with Crippen LogP contribution in [-0.4, -0.2) is 25.1 Å². The van der Waals surface area contributed by atoms with Gasteiger partial charge in [-0.2, -0.15) is 0 Å². The van der Waals surface area contributed by atoms with Crippen LogP contribution in [0.1, 0.15) is 58.3 Å². The Balaban J connectivity index is 2.54. The minimum atomic E-state index is -1.54. The van der Waals surface area contributed by atoms with Crippen LogP contribution in [0.5, 0.6) is 0 Å². The predicted octanol–water partition coefficient (Wildman–Crippen LogP) is 4.24. The molecule has 0 heterocycles. The van der Waals surface area contributed by atoms with Crippen molar-refractivity contribution in [3.05, 3.63) is 10.8 Å². The Morgan fingerprint density at radius 1 is 1.16 bits per heavy atom. The first-order valence-corrected chi connectivity index (χ1v) is 11.3. The average Bonchev–Trinajstić information content (AvgIpc) is 2.65. The number of ketones is 1. The van der Waals surface area contributed by atoms with Crippen LogP contribution in [0.4, 0.5) is 0 Å². The van der Waals surface area contributed by atoms with E-state index in [1.807, 2.05) is 0 Å². The molecule has 0 bridgehead atoms. The van der Waals surface area contributed by atoms with E-state index in [4.69, 9.17) is 0 Å². The van der Waals surface area contributed by atoms with Crippen LogP contribution in [0.25, 0.3) is 0 Å². The second-order valence-electron chi connectivity index (χ2n) is 6.86. The number of aliphatic hydroxyl groups excluding tert-OH is 1. The molecule has 0 aliphatic heterocycles. The van der Waals surface area contributed by atoms with Crippen molar-refractivity contribution in [2.24, 2.45) is 0 Å². The number of hydrogen-bond acceptors (Lipinski definition) is 2. The van der Waals surface area contributed by atoms with Crippen LogP contribution in [0.3, 0.4) is 0 Å². The quantitative estimate of drug-likeness (QED) is 0.534. The molecule has 110 valence electrons. The molecule has 0 radical (unpaired) electrons. The zero-order valence-corrected chi connectivity index (χ0v) is 14.1. The van der Waals surface area contributed by atoms with E-state index in [1.54, 1.807) is 0 Å². The van der Waals surface area contributed by atoms with Gasteiger partial charge in [-0.1, -0.05) is 57.8 Å². The van der Waals surface area contributed by atoms with Crippen LogP contribution >= 0.6 is 0 Å². The molecule has 1 atom stereocenters. The minimum Gasteiger partial charge on any atom is -0.393 e. The molecule has 0 amide bonds. The van der Waals surface area contributed by atoms with Gasteiger partial charge in [0.2, 0.25) is 0 Å². The Bertz CT molecular complexity index is 339. The minimum absolute atomic E-state index is 0.246. The molecule has 0 spiro atoms. The van der Waals surface area contributed by atoms with Gasteiger partial charge in [-0.15, -0.1) is 0 Å². The topological polar surface area (TPSA) is 37.3 Å². The Kier molecular flexibility index (Phi) is 6.47. The second-order valence-corrected chi connectivity index (χ2v) is 11.9. The van der Waals surface area contributed by atoms with E-state index in [0.717, 1.165) is 30.9 Å². The van der Waals surface area contributed by atoms with Gasteiger partial charge in [-0.3, -0.25) is 4.79 Å². The molecule has 1 aliphatic rings. The van der Waals surface area contributed by atoms with Gasteiger partial charge in [0, 0.05) is 6.42 Å².